The lowest BCUT2D eigenvalue weighted by Gasteiger charge is -2.41. The fourth-order valence-electron chi connectivity index (χ4n) is 5.10. The number of aryl methyl sites for hydroxylation is 2. The molecule has 2 aliphatic heterocycles. The predicted octanol–water partition coefficient (Wildman–Crippen LogP) is 3.45. The van der Waals surface area contributed by atoms with Gasteiger partial charge in [-0.25, -0.2) is 15.0 Å². The van der Waals surface area contributed by atoms with E-state index >= 15 is 0 Å². The summed E-state index contributed by atoms with van der Waals surface area (Å²) in [5.41, 5.74) is 6.04. The Morgan fingerprint density at radius 2 is 1.97 bits per heavy atom. The van der Waals surface area contributed by atoms with E-state index in [1.807, 2.05) is 17.2 Å². The van der Waals surface area contributed by atoms with Gasteiger partial charge in [-0.3, -0.25) is 13.9 Å². The fraction of sp³-hybridized carbons (Fsp3) is 0.385. The predicted molar refractivity (Wildman–Crippen MR) is 141 cm³/mol. The van der Waals surface area contributed by atoms with Gasteiger partial charge >= 0.3 is 0 Å². The van der Waals surface area contributed by atoms with E-state index in [1.165, 1.54) is 23.4 Å². The van der Waals surface area contributed by atoms with Crippen molar-refractivity contribution in [1.82, 2.24) is 24.8 Å². The molecule has 5 rings (SSSR count). The average Bonchev–Trinajstić information content (AvgIpc) is 3.29. The lowest BCUT2D eigenvalue weighted by atomic mass is 9.96. The van der Waals surface area contributed by atoms with Gasteiger partial charge < -0.3 is 19.5 Å². The Morgan fingerprint density at radius 1 is 1.14 bits per heavy atom. The lowest BCUT2D eigenvalue weighted by Crippen LogP contribution is -2.50. The number of carbonyl (C=O) groups excluding carboxylic acids is 1. The highest BCUT2D eigenvalue weighted by atomic mass is 32.2. The maximum atomic E-state index is 13.2. The van der Waals surface area contributed by atoms with Crippen LogP contribution in [0.1, 0.15) is 52.5 Å². The molecule has 1 fully saturated rings. The Hall–Kier alpha value is -3.41. The minimum Gasteiger partial charge on any atom is -0.755 e. The van der Waals surface area contributed by atoms with E-state index < -0.39 is 11.3 Å². The van der Waals surface area contributed by atoms with E-state index in [1.54, 1.807) is 6.07 Å². The molecule has 194 valence electrons. The second kappa shape index (κ2) is 10.5. The molecular formula is C26H30N7O3S-. The minimum absolute atomic E-state index is 0.0428. The summed E-state index contributed by atoms with van der Waals surface area (Å²) >= 11 is -2.49. The van der Waals surface area contributed by atoms with E-state index in [-0.39, 0.29) is 17.8 Å². The van der Waals surface area contributed by atoms with Gasteiger partial charge in [-0.2, -0.15) is 0 Å². The minimum atomic E-state index is -2.49. The zero-order chi connectivity index (χ0) is 26.1. The zero-order valence-corrected chi connectivity index (χ0v) is 21.9. The van der Waals surface area contributed by atoms with Crippen molar-refractivity contribution >= 4 is 34.6 Å². The molecule has 1 aromatic carbocycles. The van der Waals surface area contributed by atoms with E-state index in [0.717, 1.165) is 42.9 Å². The van der Waals surface area contributed by atoms with Crippen LogP contribution in [0.2, 0.25) is 0 Å². The average molecular weight is 521 g/mol. The number of hydrogen-bond donors (Lipinski definition) is 2. The quantitative estimate of drug-likeness (QED) is 0.473. The maximum Gasteiger partial charge on any atom is 0.254 e. The van der Waals surface area contributed by atoms with Gasteiger partial charge in [0, 0.05) is 72.2 Å². The number of rotatable bonds is 6. The van der Waals surface area contributed by atoms with Gasteiger partial charge in [0.15, 0.2) is 0 Å². The summed E-state index contributed by atoms with van der Waals surface area (Å²) in [5, 5.41) is 3.32. The van der Waals surface area contributed by atoms with Gasteiger partial charge in [0.2, 0.25) is 5.95 Å². The summed E-state index contributed by atoms with van der Waals surface area (Å²) in [7, 11) is 0. The number of nitrogens with one attached hydrogen (secondary N) is 2. The molecule has 2 aromatic heterocycles. The normalized spacial score (nSPS) is 20.4. The Labute approximate surface area is 219 Å². The van der Waals surface area contributed by atoms with Crippen LogP contribution >= 0.6 is 0 Å². The van der Waals surface area contributed by atoms with Crippen LogP contribution in [0.4, 0.5) is 17.5 Å². The third-order valence-electron chi connectivity index (χ3n) is 7.26. The van der Waals surface area contributed by atoms with E-state index in [2.05, 4.69) is 57.8 Å². The number of benzene rings is 1. The number of carbonyl (C=O) groups is 1. The molecule has 11 heteroatoms. The molecule has 3 aromatic rings. The summed E-state index contributed by atoms with van der Waals surface area (Å²) in [6.07, 6.45) is 5.05. The molecule has 0 bridgehead atoms. The number of anilines is 3. The van der Waals surface area contributed by atoms with Crippen LogP contribution in [0, 0.1) is 13.8 Å². The number of piperidine rings is 1. The number of amides is 1. The number of pyridine rings is 1. The van der Waals surface area contributed by atoms with Crippen molar-refractivity contribution in [1.29, 1.82) is 0 Å². The van der Waals surface area contributed by atoms with Gasteiger partial charge in [0.25, 0.3) is 5.91 Å². The van der Waals surface area contributed by atoms with Gasteiger partial charge in [0.1, 0.15) is 5.82 Å². The topological polar surface area (TPSA) is 126 Å². The van der Waals surface area contributed by atoms with Crippen molar-refractivity contribution in [3.05, 3.63) is 70.7 Å². The van der Waals surface area contributed by atoms with E-state index in [9.17, 15) is 13.6 Å². The molecule has 1 unspecified atom stereocenters. The Balaban J connectivity index is 1.21. The maximum absolute atomic E-state index is 13.2. The van der Waals surface area contributed by atoms with Crippen LogP contribution in [0.5, 0.6) is 0 Å². The number of likely N-dealkylation sites (tertiary alicyclic amines) is 1. The highest BCUT2D eigenvalue weighted by Crippen LogP contribution is 2.31. The largest absolute Gasteiger partial charge is 0.755 e. The van der Waals surface area contributed by atoms with Gasteiger partial charge in [0.05, 0.1) is 5.69 Å². The molecule has 0 aliphatic carbocycles. The third kappa shape index (κ3) is 5.63. The first kappa shape index (κ1) is 25.2. The summed E-state index contributed by atoms with van der Waals surface area (Å²) in [6, 6.07) is 9.68. The molecule has 0 spiro atoms. The Bertz CT molecular complexity index is 1350. The molecule has 0 saturated carbocycles. The summed E-state index contributed by atoms with van der Waals surface area (Å²) in [5.74, 6) is 0.611. The van der Waals surface area contributed by atoms with Gasteiger partial charge in [-0.05, 0) is 69.0 Å². The molecule has 4 heterocycles. The molecule has 1 amide bonds. The number of hydrogen-bond acceptors (Lipinski definition) is 8. The van der Waals surface area contributed by atoms with Crippen molar-refractivity contribution in [3.63, 3.8) is 0 Å². The molecule has 2 aliphatic rings. The molecular weight excluding hydrogens is 490 g/mol. The summed E-state index contributed by atoms with van der Waals surface area (Å²) in [6.45, 7) is 8.43. The SMILES string of the molecule is Cc1ccc(Nc2ncc3c(n2)CN([C@H]2CCN(C(=O)c4ccnc(NS(=O)[O-])c4)[C@H](C)C2)C3)cc1C. The van der Waals surface area contributed by atoms with E-state index in [4.69, 9.17) is 4.98 Å². The number of nitrogens with zero attached hydrogens (tertiary/aromatic N) is 5. The first-order valence-corrected chi connectivity index (χ1v) is 13.4. The molecule has 10 nitrogen and oxygen atoms in total. The van der Waals surface area contributed by atoms with Crippen molar-refractivity contribution in [3.8, 4) is 0 Å². The van der Waals surface area contributed by atoms with Crippen molar-refractivity contribution in [2.24, 2.45) is 0 Å². The van der Waals surface area contributed by atoms with Crippen LogP contribution in [-0.4, -0.2) is 58.0 Å². The lowest BCUT2D eigenvalue weighted by molar-refractivity contribution is 0.0460. The smallest absolute Gasteiger partial charge is 0.254 e. The van der Waals surface area contributed by atoms with Gasteiger partial charge in [-0.1, -0.05) is 6.07 Å². The molecule has 1 saturated heterocycles. The number of fused-ring (bicyclic) bond motifs is 1. The van der Waals surface area contributed by atoms with Crippen molar-refractivity contribution in [2.45, 2.75) is 58.8 Å². The zero-order valence-electron chi connectivity index (χ0n) is 21.1. The highest BCUT2D eigenvalue weighted by molar-refractivity contribution is 7.80. The third-order valence-corrected chi connectivity index (χ3v) is 7.64. The van der Waals surface area contributed by atoms with Crippen molar-refractivity contribution < 1.29 is 13.6 Å². The first-order chi connectivity index (χ1) is 17.8. The number of aromatic nitrogens is 3. The van der Waals surface area contributed by atoms with Crippen LogP contribution in [-0.2, 0) is 24.4 Å². The van der Waals surface area contributed by atoms with Crippen LogP contribution in [0.3, 0.4) is 0 Å². The van der Waals surface area contributed by atoms with Crippen LogP contribution < -0.4 is 10.0 Å². The first-order valence-electron chi connectivity index (χ1n) is 12.3. The fourth-order valence-corrected chi connectivity index (χ4v) is 5.38. The second-order valence-corrected chi connectivity index (χ2v) is 10.5. The van der Waals surface area contributed by atoms with E-state index in [0.29, 0.717) is 24.1 Å². The van der Waals surface area contributed by atoms with Crippen LogP contribution in [0.25, 0.3) is 0 Å². The Kier molecular flexibility index (Phi) is 7.18. The van der Waals surface area contributed by atoms with Crippen LogP contribution in [0.15, 0.2) is 42.7 Å². The standard InChI is InChI=1S/C26H31N7O3S/c1-16-4-5-21(10-17(16)2)29-26-28-13-20-14-32(15-23(20)30-26)22-7-9-33(18(3)11-22)25(34)19-6-8-27-24(12-19)31-37(35)36/h4-6,8,10,12-13,18,22H,7,9,11,14-15H2,1-3H3,(H,27,31)(H,35,36)(H,28,29,30)/p-1/t18-,22+/m1/s1. The molecule has 2 N–H and O–H groups in total. The molecule has 0 radical (unpaired) electrons. The second-order valence-electron chi connectivity index (χ2n) is 9.79. The monoisotopic (exact) mass is 520 g/mol. The molecule has 3 atom stereocenters. The molecule has 37 heavy (non-hydrogen) atoms. The highest BCUT2D eigenvalue weighted by Gasteiger charge is 2.35. The van der Waals surface area contributed by atoms with Gasteiger partial charge in [-0.15, -0.1) is 0 Å². The summed E-state index contributed by atoms with van der Waals surface area (Å²) < 4.78 is 24.0. The summed E-state index contributed by atoms with van der Waals surface area (Å²) in [4.78, 5) is 30.7. The Morgan fingerprint density at radius 3 is 2.73 bits per heavy atom. The van der Waals surface area contributed by atoms with Crippen molar-refractivity contribution in [2.75, 3.05) is 16.6 Å².